The highest BCUT2D eigenvalue weighted by Gasteiger charge is 2.26. The summed E-state index contributed by atoms with van der Waals surface area (Å²) >= 11 is 0. The van der Waals surface area contributed by atoms with Gasteiger partial charge >= 0.3 is 0 Å². The van der Waals surface area contributed by atoms with Crippen LogP contribution in [0.1, 0.15) is 38.4 Å². The Labute approximate surface area is 186 Å². The minimum atomic E-state index is -0.718. The summed E-state index contributed by atoms with van der Waals surface area (Å²) in [5, 5.41) is 9.67. The van der Waals surface area contributed by atoms with Gasteiger partial charge in [0.2, 0.25) is 5.91 Å². The number of likely N-dealkylation sites (N-methyl/N-ethyl adjacent to an activating group) is 1. The molecule has 0 saturated heterocycles. The third-order valence-corrected chi connectivity index (χ3v) is 5.68. The fourth-order valence-corrected chi connectivity index (χ4v) is 3.88. The average molecular weight is 433 g/mol. The topological polar surface area (TPSA) is 78.0 Å². The zero-order valence-electron chi connectivity index (χ0n) is 18.9. The van der Waals surface area contributed by atoms with Crippen LogP contribution < -0.4 is 5.56 Å². The van der Waals surface area contributed by atoms with Gasteiger partial charge < -0.3 is 9.47 Å². The first-order valence-corrected chi connectivity index (χ1v) is 10.9. The lowest BCUT2D eigenvalue weighted by atomic mass is 10.2. The number of aryl methyl sites for hydroxylation is 1. The van der Waals surface area contributed by atoms with Crippen LogP contribution >= 0.6 is 0 Å². The lowest BCUT2D eigenvalue weighted by Crippen LogP contribution is -2.39. The Hall–Kier alpha value is -3.68. The van der Waals surface area contributed by atoms with Crippen molar-refractivity contribution < 1.29 is 4.79 Å². The van der Waals surface area contributed by atoms with Crippen LogP contribution in [0.25, 0.3) is 22.4 Å². The largest absolute Gasteiger partial charge is 0.344 e. The normalized spacial score (nSPS) is 12.2. The van der Waals surface area contributed by atoms with Crippen LogP contribution in [0.3, 0.4) is 0 Å². The number of aromatic nitrogens is 5. The van der Waals surface area contributed by atoms with Crippen molar-refractivity contribution in [1.29, 1.82) is 0 Å². The zero-order chi connectivity index (χ0) is 22.8. The van der Waals surface area contributed by atoms with Crippen LogP contribution in [-0.4, -0.2) is 48.5 Å². The number of carbonyl (C=O) groups excluding carboxylic acids is 1. The van der Waals surface area contributed by atoms with Crippen LogP contribution in [0.2, 0.25) is 0 Å². The van der Waals surface area contributed by atoms with Crippen molar-refractivity contribution in [3.8, 4) is 11.5 Å². The van der Waals surface area contributed by atoms with E-state index in [1.807, 2.05) is 66.3 Å². The van der Waals surface area contributed by atoms with E-state index in [0.29, 0.717) is 29.0 Å². The van der Waals surface area contributed by atoms with Crippen molar-refractivity contribution in [2.24, 2.45) is 0 Å². The van der Waals surface area contributed by atoms with Crippen molar-refractivity contribution in [2.45, 2.75) is 39.7 Å². The van der Waals surface area contributed by atoms with Gasteiger partial charge in [-0.2, -0.15) is 10.2 Å². The standard InChI is InChI=1S/C24H28N6O2/c1-5-6-14-27(4)23(31)18(3)29-24(32)20-21(17(2)25-29)26-30(19-12-8-7-9-13-19)22(20)28-15-10-11-16-28/h7-13,15-16,18H,5-6,14H2,1-4H3. The van der Waals surface area contributed by atoms with Gasteiger partial charge in [0.1, 0.15) is 16.9 Å². The summed E-state index contributed by atoms with van der Waals surface area (Å²) in [6, 6.07) is 12.7. The van der Waals surface area contributed by atoms with E-state index in [9.17, 15) is 9.59 Å². The molecule has 4 rings (SSSR count). The first kappa shape index (κ1) is 21.5. The van der Waals surface area contributed by atoms with Crippen molar-refractivity contribution in [3.63, 3.8) is 0 Å². The third kappa shape index (κ3) is 3.72. The predicted octanol–water partition coefficient (Wildman–Crippen LogP) is 3.50. The molecule has 8 heteroatoms. The van der Waals surface area contributed by atoms with Crippen LogP contribution in [-0.2, 0) is 4.79 Å². The Morgan fingerprint density at radius 1 is 1.09 bits per heavy atom. The highest BCUT2D eigenvalue weighted by Crippen LogP contribution is 2.25. The second-order valence-electron chi connectivity index (χ2n) is 8.01. The maximum atomic E-state index is 13.7. The van der Waals surface area contributed by atoms with E-state index in [1.165, 1.54) is 4.68 Å². The molecule has 0 radical (unpaired) electrons. The van der Waals surface area contributed by atoms with Crippen molar-refractivity contribution >= 4 is 16.8 Å². The number of benzene rings is 1. The molecule has 0 aliphatic heterocycles. The SMILES string of the molecule is CCCCN(C)C(=O)C(C)n1nc(C)c2nn(-c3ccccc3)c(-n3cccc3)c2c1=O. The molecule has 3 aromatic heterocycles. The molecule has 166 valence electrons. The minimum absolute atomic E-state index is 0.134. The Bertz CT molecular complexity index is 1290. The van der Waals surface area contributed by atoms with Crippen LogP contribution in [0.15, 0.2) is 59.7 Å². The molecule has 8 nitrogen and oxygen atoms in total. The van der Waals surface area contributed by atoms with Crippen LogP contribution in [0, 0.1) is 6.92 Å². The number of amides is 1. The summed E-state index contributed by atoms with van der Waals surface area (Å²) in [7, 11) is 1.77. The quantitative estimate of drug-likeness (QED) is 0.448. The van der Waals surface area contributed by atoms with Gasteiger partial charge in [-0.05, 0) is 44.5 Å². The molecule has 3 heterocycles. The first-order chi connectivity index (χ1) is 15.4. The summed E-state index contributed by atoms with van der Waals surface area (Å²) < 4.78 is 4.92. The molecule has 0 bridgehead atoms. The number of nitrogens with zero attached hydrogens (tertiary/aromatic N) is 6. The van der Waals surface area contributed by atoms with Gasteiger partial charge in [-0.25, -0.2) is 9.36 Å². The second kappa shape index (κ2) is 8.82. The summed E-state index contributed by atoms with van der Waals surface area (Å²) in [5.74, 6) is 0.490. The van der Waals surface area contributed by atoms with Crippen molar-refractivity contribution in [2.75, 3.05) is 13.6 Å². The Morgan fingerprint density at radius 2 is 1.78 bits per heavy atom. The molecule has 0 fully saturated rings. The molecule has 1 amide bonds. The second-order valence-corrected chi connectivity index (χ2v) is 8.01. The van der Waals surface area contributed by atoms with Crippen LogP contribution in [0.4, 0.5) is 0 Å². The lowest BCUT2D eigenvalue weighted by Gasteiger charge is -2.22. The average Bonchev–Trinajstić information content (AvgIpc) is 3.47. The van der Waals surface area contributed by atoms with Gasteiger partial charge in [0, 0.05) is 26.0 Å². The molecule has 0 spiro atoms. The molecule has 1 aromatic carbocycles. The summed E-state index contributed by atoms with van der Waals surface area (Å²) in [6.07, 6.45) is 5.66. The number of carbonyl (C=O) groups is 1. The summed E-state index contributed by atoms with van der Waals surface area (Å²) in [6.45, 7) is 6.27. The van der Waals surface area contributed by atoms with E-state index in [1.54, 1.807) is 23.6 Å². The molecular weight excluding hydrogens is 404 g/mol. The maximum absolute atomic E-state index is 13.7. The van der Waals surface area contributed by atoms with Gasteiger partial charge in [-0.15, -0.1) is 0 Å². The molecule has 32 heavy (non-hydrogen) atoms. The smallest absolute Gasteiger partial charge is 0.280 e. The number of rotatable bonds is 7. The van der Waals surface area contributed by atoms with Gasteiger partial charge in [-0.3, -0.25) is 9.59 Å². The monoisotopic (exact) mass is 432 g/mol. The predicted molar refractivity (Wildman–Crippen MR) is 124 cm³/mol. The van der Waals surface area contributed by atoms with Gasteiger partial charge in [-0.1, -0.05) is 31.5 Å². The third-order valence-electron chi connectivity index (χ3n) is 5.68. The van der Waals surface area contributed by atoms with Gasteiger partial charge in [0.25, 0.3) is 5.56 Å². The molecule has 1 atom stereocenters. The van der Waals surface area contributed by atoms with Gasteiger partial charge in [0.05, 0.1) is 11.4 Å². The van der Waals surface area contributed by atoms with Crippen molar-refractivity contribution in [1.82, 2.24) is 29.0 Å². The maximum Gasteiger partial charge on any atom is 0.280 e. The summed E-state index contributed by atoms with van der Waals surface area (Å²) in [4.78, 5) is 28.3. The van der Waals surface area contributed by atoms with E-state index in [-0.39, 0.29) is 11.5 Å². The molecule has 0 N–H and O–H groups in total. The molecule has 1 unspecified atom stereocenters. The fraction of sp³-hybridized carbons (Fsp3) is 0.333. The number of hydrogen-bond acceptors (Lipinski definition) is 4. The summed E-state index contributed by atoms with van der Waals surface area (Å²) in [5.41, 5.74) is 1.62. The van der Waals surface area contributed by atoms with Crippen LogP contribution in [0.5, 0.6) is 0 Å². The Kier molecular flexibility index (Phi) is 5.94. The number of para-hydroxylation sites is 1. The molecule has 4 aromatic rings. The molecule has 0 saturated carbocycles. The zero-order valence-corrected chi connectivity index (χ0v) is 18.9. The minimum Gasteiger partial charge on any atom is -0.344 e. The first-order valence-electron chi connectivity index (χ1n) is 10.9. The van der Waals surface area contributed by atoms with E-state index in [2.05, 4.69) is 12.0 Å². The Balaban J connectivity index is 1.92. The van der Waals surface area contributed by atoms with E-state index in [4.69, 9.17) is 5.10 Å². The molecular formula is C24H28N6O2. The lowest BCUT2D eigenvalue weighted by molar-refractivity contribution is -0.133. The van der Waals surface area contributed by atoms with Crippen molar-refractivity contribution in [3.05, 3.63) is 70.9 Å². The number of unbranched alkanes of at least 4 members (excludes halogenated alkanes) is 1. The molecule has 0 aliphatic carbocycles. The highest BCUT2D eigenvalue weighted by atomic mass is 16.2. The van der Waals surface area contributed by atoms with Gasteiger partial charge in [0.15, 0.2) is 5.82 Å². The number of fused-ring (bicyclic) bond motifs is 1. The Morgan fingerprint density at radius 3 is 2.44 bits per heavy atom. The van der Waals surface area contributed by atoms with E-state index < -0.39 is 6.04 Å². The van der Waals surface area contributed by atoms with E-state index >= 15 is 0 Å². The number of hydrogen-bond donors (Lipinski definition) is 0. The fourth-order valence-electron chi connectivity index (χ4n) is 3.88. The molecule has 0 aliphatic rings. The van der Waals surface area contributed by atoms with E-state index in [0.717, 1.165) is 18.5 Å². The highest BCUT2D eigenvalue weighted by molar-refractivity contribution is 5.88.